The van der Waals surface area contributed by atoms with Crippen LogP contribution in [0.3, 0.4) is 0 Å². The Labute approximate surface area is 454 Å². The normalized spacial score (nSPS) is 20.4. The average molecular weight is 1070 g/mol. The SMILES string of the molecule is C=C1/C=C(F)\C=C/CC(=O)N(C)Cc2nn(CCN(C)C(=O)CCOCCOCCN[C@@H]3C[C@H](C(=O)N[C@@H](CC)c4ccccc4)N(C(=O)[C@H](NC(=O)[C@@H](C)NC)C(C)(C)C)C3)c(C)c2-c2cnc(N)c(c2)N2CCC[C@H]12. The lowest BCUT2D eigenvalue weighted by Gasteiger charge is -2.36. The number of nitrogen functional groups attached to an aromatic ring is 1. The van der Waals surface area contributed by atoms with Crippen LogP contribution in [0.25, 0.3) is 11.1 Å². The van der Waals surface area contributed by atoms with E-state index < -0.39 is 29.4 Å². The third-order valence-electron chi connectivity index (χ3n) is 14.8. The number of ether oxygens (including phenoxy) is 2. The van der Waals surface area contributed by atoms with Gasteiger partial charge >= 0.3 is 0 Å². The molecule has 0 aliphatic carbocycles. The number of aromatic nitrogens is 3. The van der Waals surface area contributed by atoms with Crippen LogP contribution in [0, 0.1) is 12.3 Å². The predicted molar refractivity (Wildman–Crippen MR) is 297 cm³/mol. The molecule has 3 aromatic rings. The molecule has 0 unspecified atom stereocenters. The van der Waals surface area contributed by atoms with Crippen molar-refractivity contribution < 1.29 is 37.8 Å². The second-order valence-corrected chi connectivity index (χ2v) is 21.5. The van der Waals surface area contributed by atoms with Crippen molar-refractivity contribution in [2.24, 2.45) is 5.41 Å². The second-order valence-electron chi connectivity index (χ2n) is 21.5. The van der Waals surface area contributed by atoms with Gasteiger partial charge in [-0.15, -0.1) is 0 Å². The number of likely N-dealkylation sites (tertiary alicyclic amines) is 1. The summed E-state index contributed by atoms with van der Waals surface area (Å²) >= 11 is 0. The molecule has 3 aliphatic heterocycles. The van der Waals surface area contributed by atoms with Crippen LogP contribution in [-0.4, -0.2) is 163 Å². The molecule has 6 N–H and O–H groups in total. The number of hydrogen-bond acceptors (Lipinski definition) is 13. The van der Waals surface area contributed by atoms with E-state index in [-0.39, 0.29) is 86.8 Å². The topological polar surface area (TPSA) is 222 Å². The number of allylic oxidation sites excluding steroid dienone is 2. The maximum Gasteiger partial charge on any atom is 0.246 e. The number of benzene rings is 1. The third-order valence-corrected chi connectivity index (χ3v) is 14.8. The number of rotatable bonds is 21. The number of hydrogen-bond donors (Lipinski definition) is 5. The monoisotopic (exact) mass is 1070 g/mol. The van der Waals surface area contributed by atoms with Gasteiger partial charge in [0.05, 0.1) is 75.4 Å². The Morgan fingerprint density at radius 3 is 2.49 bits per heavy atom. The summed E-state index contributed by atoms with van der Waals surface area (Å²) in [6.45, 7) is 19.1. The van der Waals surface area contributed by atoms with Crippen LogP contribution in [0.15, 0.2) is 78.8 Å². The molecule has 2 bridgehead atoms. The van der Waals surface area contributed by atoms with Crippen LogP contribution >= 0.6 is 0 Å². The first kappa shape index (κ1) is 59.8. The van der Waals surface area contributed by atoms with Crippen molar-refractivity contribution in [1.82, 2.24) is 50.7 Å². The Kier molecular flexibility index (Phi) is 21.5. The standard InChI is InChI=1S/C57H83FN12O7/c1-11-44(40-17-13-12-14-18-40)63-55(74)48-33-43(35-69(48)56(75)52(57(5,6)7)64-54(73)38(3)60-8)61-23-28-77-30-29-76-27-22-50(72)66(9)25-26-70-39(4)51-41-32-47(53(59)62-34-41)68-24-16-20-46(68)37(2)31-42(58)19-15-21-49(71)67(10)36-45(51)65-70/h12-15,17-19,31-32,34,38,43-44,46,48,52,60-61H,2,11,16,20-30,33,35-36H2,1,3-10H3,(H2,59,62)(H,63,74)(H,64,73)/b19-15-,42-31+/t38-,43-,44+,46-,48-,52+/m1/s1. The van der Waals surface area contributed by atoms with Crippen molar-refractivity contribution in [2.45, 2.75) is 129 Å². The molecule has 3 aliphatic rings. The molecule has 19 nitrogen and oxygen atoms in total. The highest BCUT2D eigenvalue weighted by Crippen LogP contribution is 2.38. The fourth-order valence-electron chi connectivity index (χ4n) is 10.1. The summed E-state index contributed by atoms with van der Waals surface area (Å²) in [5, 5.41) is 17.5. The van der Waals surface area contributed by atoms with E-state index in [1.807, 2.05) is 75.7 Å². The molecule has 20 heteroatoms. The lowest BCUT2D eigenvalue weighted by Crippen LogP contribution is -2.59. The maximum absolute atomic E-state index is 15.0. The summed E-state index contributed by atoms with van der Waals surface area (Å²) < 4.78 is 28.5. The fourth-order valence-corrected chi connectivity index (χ4v) is 10.1. The number of nitrogens with two attached hydrogens (primary N) is 1. The Balaban J connectivity index is 0.987. The highest BCUT2D eigenvalue weighted by Gasteiger charge is 2.45. The van der Waals surface area contributed by atoms with Gasteiger partial charge in [-0.05, 0) is 81.3 Å². The van der Waals surface area contributed by atoms with E-state index in [1.54, 1.807) is 49.0 Å². The predicted octanol–water partition coefficient (Wildman–Crippen LogP) is 4.98. The summed E-state index contributed by atoms with van der Waals surface area (Å²) in [4.78, 5) is 79.6. The Morgan fingerprint density at radius 2 is 1.79 bits per heavy atom. The maximum atomic E-state index is 15.0. The van der Waals surface area contributed by atoms with Crippen LogP contribution in [0.4, 0.5) is 15.9 Å². The lowest BCUT2D eigenvalue weighted by molar-refractivity contribution is -0.144. The minimum absolute atomic E-state index is 0.00921. The van der Waals surface area contributed by atoms with Crippen molar-refractivity contribution in [3.8, 4) is 11.1 Å². The zero-order chi connectivity index (χ0) is 56.0. The summed E-state index contributed by atoms with van der Waals surface area (Å²) in [5.41, 5.74) is 11.3. The van der Waals surface area contributed by atoms with Crippen molar-refractivity contribution in [2.75, 3.05) is 84.4 Å². The number of likely N-dealkylation sites (N-methyl/N-ethyl adjacent to an activating group) is 2. The molecule has 0 radical (unpaired) electrons. The highest BCUT2D eigenvalue weighted by atomic mass is 19.1. The summed E-state index contributed by atoms with van der Waals surface area (Å²) in [7, 11) is 5.12. The van der Waals surface area contributed by atoms with E-state index in [1.165, 1.54) is 18.2 Å². The fraction of sp³-hybridized carbons (Fsp3) is 0.561. The second kappa shape index (κ2) is 27.7. The summed E-state index contributed by atoms with van der Waals surface area (Å²) in [6.07, 6.45) is 8.84. The number of carbonyl (C=O) groups excluding carboxylic acids is 5. The van der Waals surface area contributed by atoms with Gasteiger partial charge in [0, 0.05) is 75.8 Å². The van der Waals surface area contributed by atoms with E-state index in [2.05, 4.69) is 37.7 Å². The highest BCUT2D eigenvalue weighted by molar-refractivity contribution is 5.94. The molecule has 0 spiro atoms. The van der Waals surface area contributed by atoms with Crippen molar-refractivity contribution in [1.29, 1.82) is 0 Å². The van der Waals surface area contributed by atoms with Gasteiger partial charge in [0.2, 0.25) is 29.5 Å². The van der Waals surface area contributed by atoms with Crippen LogP contribution in [0.5, 0.6) is 0 Å². The van der Waals surface area contributed by atoms with Gasteiger partial charge in [-0.3, -0.25) is 28.7 Å². The minimum Gasteiger partial charge on any atom is -0.382 e. The van der Waals surface area contributed by atoms with Crippen LogP contribution in [0.1, 0.15) is 96.1 Å². The van der Waals surface area contributed by atoms with E-state index in [4.69, 9.17) is 20.3 Å². The van der Waals surface area contributed by atoms with Crippen LogP contribution < -0.4 is 31.9 Å². The Bertz CT molecular complexity index is 2600. The van der Waals surface area contributed by atoms with Gasteiger partial charge in [0.25, 0.3) is 0 Å². The molecule has 77 heavy (non-hydrogen) atoms. The van der Waals surface area contributed by atoms with Crippen molar-refractivity contribution in [3.63, 3.8) is 0 Å². The quantitative estimate of drug-likeness (QED) is 0.0891. The number of halogens is 1. The van der Waals surface area contributed by atoms with E-state index in [0.717, 1.165) is 40.9 Å². The van der Waals surface area contributed by atoms with E-state index >= 15 is 0 Å². The van der Waals surface area contributed by atoms with E-state index in [9.17, 15) is 28.4 Å². The minimum atomic E-state index is -0.865. The first-order valence-electron chi connectivity index (χ1n) is 27.0. The van der Waals surface area contributed by atoms with Crippen LogP contribution in [0.2, 0.25) is 0 Å². The molecule has 6 rings (SSSR count). The molecule has 0 saturated carbocycles. The number of anilines is 2. The number of nitrogens with one attached hydrogen (secondary N) is 4. The van der Waals surface area contributed by atoms with Crippen LogP contribution in [-0.2, 0) is 46.5 Å². The van der Waals surface area contributed by atoms with Gasteiger partial charge in [-0.1, -0.05) is 70.7 Å². The molecule has 5 amide bonds. The molecule has 5 heterocycles. The first-order chi connectivity index (χ1) is 36.7. The third kappa shape index (κ3) is 15.8. The Morgan fingerprint density at radius 1 is 1.06 bits per heavy atom. The first-order valence-corrected chi connectivity index (χ1v) is 27.0. The number of amides is 5. The molecule has 1 aromatic carbocycles. The molecule has 420 valence electrons. The Hall–Kier alpha value is -6.48. The zero-order valence-electron chi connectivity index (χ0n) is 46.7. The molecule has 6 atom stereocenters. The number of carbonyl (C=O) groups is 5. The largest absolute Gasteiger partial charge is 0.382 e. The van der Waals surface area contributed by atoms with Crippen molar-refractivity contribution >= 4 is 41.0 Å². The van der Waals surface area contributed by atoms with E-state index in [0.29, 0.717) is 69.3 Å². The summed E-state index contributed by atoms with van der Waals surface area (Å²) in [6, 6.07) is 9.00. The number of pyridine rings is 1. The number of nitrogens with zero attached hydrogens (tertiary/aromatic N) is 7. The van der Waals surface area contributed by atoms with Gasteiger partial charge in [0.15, 0.2) is 0 Å². The van der Waals surface area contributed by atoms with Gasteiger partial charge in [0.1, 0.15) is 23.7 Å². The molecule has 2 fully saturated rings. The zero-order valence-corrected chi connectivity index (χ0v) is 46.7. The van der Waals surface area contributed by atoms with Gasteiger partial charge in [-0.2, -0.15) is 5.10 Å². The molecular formula is C57H83FN12O7. The molecule has 2 saturated heterocycles. The number of fused-ring (bicyclic) bond motifs is 6. The average Bonchev–Trinajstić information content (AvgIpc) is 4.17. The molecule has 2 aromatic heterocycles. The van der Waals surface area contributed by atoms with Gasteiger partial charge < -0.3 is 56.1 Å². The molecular weight excluding hydrogens is 984 g/mol. The van der Waals surface area contributed by atoms with Gasteiger partial charge in [-0.25, -0.2) is 9.37 Å². The van der Waals surface area contributed by atoms with Crippen molar-refractivity contribution in [3.05, 3.63) is 95.8 Å². The smallest absolute Gasteiger partial charge is 0.246 e. The lowest BCUT2D eigenvalue weighted by atomic mass is 9.85. The summed E-state index contributed by atoms with van der Waals surface area (Å²) in [5.74, 6) is -1.29.